The molecule has 0 unspecified atom stereocenters. The van der Waals surface area contributed by atoms with Gasteiger partial charge in [0.15, 0.2) is 0 Å². The first kappa shape index (κ1) is 24.8. The third kappa shape index (κ3) is 5.96. The van der Waals surface area contributed by atoms with Crippen LogP contribution in [0.4, 0.5) is 13.6 Å². The van der Waals surface area contributed by atoms with E-state index in [1.165, 1.54) is 48.4 Å². The average molecular weight is 473 g/mol. The van der Waals surface area contributed by atoms with Crippen LogP contribution >= 0.6 is 0 Å². The molecule has 34 heavy (non-hydrogen) atoms. The number of carbonyl (C=O) groups excluding carboxylic acids is 3. The van der Waals surface area contributed by atoms with Crippen LogP contribution in [0.1, 0.15) is 28.9 Å². The molecule has 0 saturated heterocycles. The Labute approximate surface area is 195 Å². The van der Waals surface area contributed by atoms with Crippen molar-refractivity contribution < 1.29 is 32.6 Å². The van der Waals surface area contributed by atoms with E-state index in [1.54, 1.807) is 13.0 Å². The lowest BCUT2D eigenvalue weighted by molar-refractivity contribution is -0.139. The van der Waals surface area contributed by atoms with Gasteiger partial charge in [0.2, 0.25) is 0 Å². The molecule has 3 amide bonds. The van der Waals surface area contributed by atoms with Gasteiger partial charge in [-0.25, -0.2) is 18.4 Å². The molecule has 0 fully saturated rings. The highest BCUT2D eigenvalue weighted by atomic mass is 19.1. The third-order valence-corrected chi connectivity index (χ3v) is 5.10. The molecular weight excluding hydrogens is 448 g/mol. The van der Waals surface area contributed by atoms with Crippen molar-refractivity contribution in [3.63, 3.8) is 0 Å². The molecule has 2 aromatic rings. The third-order valence-electron chi connectivity index (χ3n) is 5.10. The highest BCUT2D eigenvalue weighted by Gasteiger charge is 2.35. The van der Waals surface area contributed by atoms with E-state index in [9.17, 15) is 23.2 Å². The monoisotopic (exact) mass is 473 g/mol. The number of methoxy groups -OCH3 is 1. The summed E-state index contributed by atoms with van der Waals surface area (Å²) >= 11 is 0. The predicted molar refractivity (Wildman–Crippen MR) is 119 cm³/mol. The molecule has 0 radical (unpaired) electrons. The number of amides is 3. The molecule has 180 valence electrons. The molecule has 0 bridgehead atoms. The number of rotatable bonds is 9. The van der Waals surface area contributed by atoms with Crippen LogP contribution in [-0.2, 0) is 14.3 Å². The number of urea groups is 1. The molecule has 8 nitrogen and oxygen atoms in total. The van der Waals surface area contributed by atoms with Crippen LogP contribution in [0.5, 0.6) is 0 Å². The van der Waals surface area contributed by atoms with Crippen molar-refractivity contribution in [2.24, 2.45) is 0 Å². The Bertz CT molecular complexity index is 1110. The minimum absolute atomic E-state index is 0.0292. The maximum atomic E-state index is 13.9. The molecule has 2 aromatic carbocycles. The first-order valence-corrected chi connectivity index (χ1v) is 10.6. The molecule has 0 aromatic heterocycles. The number of hydrogen-bond donors (Lipinski definition) is 2. The van der Waals surface area contributed by atoms with Crippen molar-refractivity contribution in [1.82, 2.24) is 15.5 Å². The predicted octanol–water partition coefficient (Wildman–Crippen LogP) is 2.92. The molecule has 0 saturated carbocycles. The second-order valence-corrected chi connectivity index (χ2v) is 7.43. The smallest absolute Gasteiger partial charge is 0.338 e. The summed E-state index contributed by atoms with van der Waals surface area (Å²) < 4.78 is 37.9. The second kappa shape index (κ2) is 11.4. The first-order valence-electron chi connectivity index (χ1n) is 10.6. The van der Waals surface area contributed by atoms with Gasteiger partial charge in [0, 0.05) is 19.2 Å². The summed E-state index contributed by atoms with van der Waals surface area (Å²) in [7, 11) is 1.46. The van der Waals surface area contributed by atoms with Gasteiger partial charge in [-0.15, -0.1) is 0 Å². The highest BCUT2D eigenvalue weighted by molar-refractivity contribution is 5.97. The van der Waals surface area contributed by atoms with E-state index in [-0.39, 0.29) is 43.1 Å². The summed E-state index contributed by atoms with van der Waals surface area (Å²) in [6.45, 7) is 1.74. The minimum atomic E-state index is -1.01. The van der Waals surface area contributed by atoms with Gasteiger partial charge in [0.1, 0.15) is 11.6 Å². The molecular formula is C24H25F2N3O5. The SMILES string of the molecule is CCOC(=O)C1=C(CN(CCOC)C(=O)c2cccc(F)c2)NC(=O)N[C@@H]1c1cccc(F)c1. The van der Waals surface area contributed by atoms with Crippen LogP contribution in [-0.4, -0.2) is 56.2 Å². The van der Waals surface area contributed by atoms with Gasteiger partial charge in [-0.2, -0.15) is 0 Å². The quantitative estimate of drug-likeness (QED) is 0.546. The van der Waals surface area contributed by atoms with Gasteiger partial charge >= 0.3 is 12.0 Å². The topological polar surface area (TPSA) is 97.0 Å². The second-order valence-electron chi connectivity index (χ2n) is 7.43. The van der Waals surface area contributed by atoms with Gasteiger partial charge in [0.05, 0.1) is 37.1 Å². The summed E-state index contributed by atoms with van der Waals surface area (Å²) in [4.78, 5) is 39.9. The van der Waals surface area contributed by atoms with Crippen molar-refractivity contribution in [1.29, 1.82) is 0 Å². The van der Waals surface area contributed by atoms with Crippen LogP contribution in [0.25, 0.3) is 0 Å². The number of nitrogens with zero attached hydrogens (tertiary/aromatic N) is 1. The molecule has 10 heteroatoms. The molecule has 3 rings (SSSR count). The van der Waals surface area contributed by atoms with Crippen molar-refractivity contribution >= 4 is 17.9 Å². The van der Waals surface area contributed by atoms with Crippen LogP contribution in [0, 0.1) is 11.6 Å². The van der Waals surface area contributed by atoms with Crippen LogP contribution in [0.2, 0.25) is 0 Å². The Morgan fingerprint density at radius 3 is 2.44 bits per heavy atom. The van der Waals surface area contributed by atoms with E-state index in [4.69, 9.17) is 9.47 Å². The van der Waals surface area contributed by atoms with Crippen molar-refractivity contribution in [2.45, 2.75) is 13.0 Å². The van der Waals surface area contributed by atoms with Gasteiger partial charge in [-0.05, 0) is 42.8 Å². The zero-order valence-corrected chi connectivity index (χ0v) is 18.8. The van der Waals surface area contributed by atoms with E-state index in [0.717, 1.165) is 6.07 Å². The molecule has 1 aliphatic rings. The van der Waals surface area contributed by atoms with E-state index in [0.29, 0.717) is 5.56 Å². The Balaban J connectivity index is 2.05. The number of hydrogen-bond acceptors (Lipinski definition) is 5. The summed E-state index contributed by atoms with van der Waals surface area (Å²) in [6.07, 6.45) is 0. The first-order chi connectivity index (χ1) is 16.3. The fourth-order valence-corrected chi connectivity index (χ4v) is 3.58. The lowest BCUT2D eigenvalue weighted by Crippen LogP contribution is -2.49. The van der Waals surface area contributed by atoms with Gasteiger partial charge in [-0.3, -0.25) is 4.79 Å². The number of ether oxygens (including phenoxy) is 2. The van der Waals surface area contributed by atoms with E-state index >= 15 is 0 Å². The molecule has 1 aliphatic heterocycles. The van der Waals surface area contributed by atoms with Crippen LogP contribution in [0.3, 0.4) is 0 Å². The van der Waals surface area contributed by atoms with Crippen LogP contribution < -0.4 is 10.6 Å². The maximum Gasteiger partial charge on any atom is 0.338 e. The van der Waals surface area contributed by atoms with Crippen molar-refractivity contribution in [3.8, 4) is 0 Å². The number of carbonyl (C=O) groups is 3. The van der Waals surface area contributed by atoms with Gasteiger partial charge < -0.3 is 25.0 Å². The summed E-state index contributed by atoms with van der Waals surface area (Å²) in [5.74, 6) is -2.38. The van der Waals surface area contributed by atoms with Crippen LogP contribution in [0.15, 0.2) is 59.8 Å². The zero-order chi connectivity index (χ0) is 24.7. The summed E-state index contributed by atoms with van der Waals surface area (Å²) in [6, 6.07) is 9.01. The Kier molecular flexibility index (Phi) is 8.31. The number of benzene rings is 2. The van der Waals surface area contributed by atoms with Crippen molar-refractivity contribution in [3.05, 3.63) is 82.6 Å². The fourth-order valence-electron chi connectivity index (χ4n) is 3.58. The van der Waals surface area contributed by atoms with Gasteiger partial charge in [-0.1, -0.05) is 18.2 Å². The van der Waals surface area contributed by atoms with Crippen molar-refractivity contribution in [2.75, 3.05) is 33.4 Å². The van der Waals surface area contributed by atoms with Gasteiger partial charge in [0.25, 0.3) is 5.91 Å². The van der Waals surface area contributed by atoms with E-state index in [1.807, 2.05) is 0 Å². The molecule has 1 atom stereocenters. The number of esters is 1. The maximum absolute atomic E-state index is 13.9. The standard InChI is InChI=1S/C24H25F2N3O5/c1-3-34-23(31)20-19(27-24(32)28-21(20)15-6-4-8-17(25)12-15)14-29(10-11-33-2)22(30)16-7-5-9-18(26)13-16/h4-9,12-13,21H,3,10-11,14H2,1-2H3,(H2,27,28,32)/t21-/m1/s1. The normalized spacial score (nSPS) is 15.4. The number of halogens is 2. The average Bonchev–Trinajstić information content (AvgIpc) is 2.81. The zero-order valence-electron chi connectivity index (χ0n) is 18.8. The molecule has 1 heterocycles. The fraction of sp³-hybridized carbons (Fsp3) is 0.292. The highest BCUT2D eigenvalue weighted by Crippen LogP contribution is 2.29. The number of nitrogens with one attached hydrogen (secondary N) is 2. The lowest BCUT2D eigenvalue weighted by Gasteiger charge is -2.32. The lowest BCUT2D eigenvalue weighted by atomic mass is 9.94. The Morgan fingerprint density at radius 2 is 1.79 bits per heavy atom. The largest absolute Gasteiger partial charge is 0.463 e. The molecule has 2 N–H and O–H groups in total. The molecule has 0 spiro atoms. The van der Waals surface area contributed by atoms with E-state index < -0.39 is 35.6 Å². The Hall–Kier alpha value is -3.79. The minimum Gasteiger partial charge on any atom is -0.463 e. The summed E-state index contributed by atoms with van der Waals surface area (Å²) in [5.41, 5.74) is 0.561. The Morgan fingerprint density at radius 1 is 1.09 bits per heavy atom. The summed E-state index contributed by atoms with van der Waals surface area (Å²) in [5, 5.41) is 5.18. The molecule has 0 aliphatic carbocycles. The van der Waals surface area contributed by atoms with E-state index in [2.05, 4.69) is 10.6 Å².